The molecule has 0 bridgehead atoms. The van der Waals surface area contributed by atoms with Crippen LogP contribution in [0.3, 0.4) is 0 Å². The van der Waals surface area contributed by atoms with Gasteiger partial charge < -0.3 is 4.74 Å². The van der Waals surface area contributed by atoms with Crippen molar-refractivity contribution in [1.82, 2.24) is 0 Å². The maximum Gasteiger partial charge on any atom is 0.121 e. The van der Waals surface area contributed by atoms with Crippen LogP contribution in [-0.2, 0) is 0 Å². The van der Waals surface area contributed by atoms with E-state index in [2.05, 4.69) is 41.9 Å². The molecule has 0 spiro atoms. The van der Waals surface area contributed by atoms with Gasteiger partial charge in [0.05, 0.1) is 0 Å². The third kappa shape index (κ3) is 3.10. The average Bonchev–Trinajstić information content (AvgIpc) is 2.35. The van der Waals surface area contributed by atoms with Crippen LogP contribution in [0.1, 0.15) is 24.2 Å². The molecule has 0 N–H and O–H groups in total. The third-order valence-corrected chi connectivity index (χ3v) is 3.60. The summed E-state index contributed by atoms with van der Waals surface area (Å²) in [5.74, 6) is 0.905. The molecular weight excluding hydrogens is 276 g/mol. The Hall–Kier alpha value is -1.28. The highest BCUT2D eigenvalue weighted by molar-refractivity contribution is 9.10. The van der Waals surface area contributed by atoms with Crippen molar-refractivity contribution in [2.24, 2.45) is 0 Å². The number of hydrogen-bond acceptors (Lipinski definition) is 1. The molecule has 1 unspecified atom stereocenters. The zero-order chi connectivity index (χ0) is 12.3. The smallest absolute Gasteiger partial charge is 0.121 e. The van der Waals surface area contributed by atoms with Crippen molar-refractivity contribution in [3.8, 4) is 5.75 Å². The summed E-state index contributed by atoms with van der Waals surface area (Å²) in [5, 5.41) is 0. The van der Waals surface area contributed by atoms with E-state index in [4.69, 9.17) is 4.74 Å². The Morgan fingerprint density at radius 2 is 1.76 bits per heavy atom. The van der Waals surface area contributed by atoms with Crippen molar-refractivity contribution in [1.29, 1.82) is 0 Å². The minimum Gasteiger partial charge on any atom is -0.486 e. The number of rotatable bonds is 3. The van der Waals surface area contributed by atoms with Gasteiger partial charge in [0.15, 0.2) is 0 Å². The molecule has 0 amide bonds. The van der Waals surface area contributed by atoms with E-state index in [9.17, 15) is 0 Å². The first-order valence-electron chi connectivity index (χ1n) is 5.64. The molecule has 1 atom stereocenters. The standard InChI is InChI=1S/C15H15BrO/c1-11-10-14(8-9-15(11)16)17-12(2)13-6-4-3-5-7-13/h3-10,12H,1-2H3. The summed E-state index contributed by atoms with van der Waals surface area (Å²) in [6, 6.07) is 16.3. The molecule has 0 aliphatic rings. The highest BCUT2D eigenvalue weighted by atomic mass is 79.9. The summed E-state index contributed by atoms with van der Waals surface area (Å²) >= 11 is 3.48. The van der Waals surface area contributed by atoms with Crippen molar-refractivity contribution in [3.05, 3.63) is 64.1 Å². The predicted octanol–water partition coefficient (Wildman–Crippen LogP) is 4.90. The van der Waals surface area contributed by atoms with Crippen LogP contribution in [0.25, 0.3) is 0 Å². The van der Waals surface area contributed by atoms with Gasteiger partial charge in [0.2, 0.25) is 0 Å². The Balaban J connectivity index is 2.13. The lowest BCUT2D eigenvalue weighted by Gasteiger charge is -2.15. The summed E-state index contributed by atoms with van der Waals surface area (Å²) < 4.78 is 7.02. The van der Waals surface area contributed by atoms with Crippen molar-refractivity contribution in [2.45, 2.75) is 20.0 Å². The lowest BCUT2D eigenvalue weighted by atomic mass is 10.1. The van der Waals surface area contributed by atoms with Crippen molar-refractivity contribution in [2.75, 3.05) is 0 Å². The Bertz CT molecular complexity index is 494. The number of halogens is 1. The molecule has 2 heteroatoms. The first kappa shape index (κ1) is 12.2. The second-order valence-corrected chi connectivity index (χ2v) is 4.94. The number of benzene rings is 2. The molecule has 0 saturated carbocycles. The largest absolute Gasteiger partial charge is 0.486 e. The number of hydrogen-bond donors (Lipinski definition) is 0. The SMILES string of the molecule is Cc1cc(OC(C)c2ccccc2)ccc1Br. The highest BCUT2D eigenvalue weighted by Gasteiger charge is 2.07. The maximum atomic E-state index is 5.92. The average molecular weight is 291 g/mol. The minimum atomic E-state index is 0.0665. The summed E-state index contributed by atoms with van der Waals surface area (Å²) in [6.45, 7) is 4.12. The van der Waals surface area contributed by atoms with Crippen molar-refractivity contribution >= 4 is 15.9 Å². The van der Waals surface area contributed by atoms with Crippen LogP contribution in [0, 0.1) is 6.92 Å². The van der Waals surface area contributed by atoms with Gasteiger partial charge in [-0.25, -0.2) is 0 Å². The fourth-order valence-corrected chi connectivity index (χ4v) is 1.93. The van der Waals surface area contributed by atoms with Crippen LogP contribution in [0.15, 0.2) is 53.0 Å². The highest BCUT2D eigenvalue weighted by Crippen LogP contribution is 2.25. The summed E-state index contributed by atoms with van der Waals surface area (Å²) in [5.41, 5.74) is 2.37. The van der Waals surface area contributed by atoms with Gasteiger partial charge in [-0.15, -0.1) is 0 Å². The van der Waals surface area contributed by atoms with Gasteiger partial charge in [-0.3, -0.25) is 0 Å². The van der Waals surface area contributed by atoms with Crippen LogP contribution in [-0.4, -0.2) is 0 Å². The lowest BCUT2D eigenvalue weighted by Crippen LogP contribution is -2.02. The molecule has 1 nitrogen and oxygen atoms in total. The molecule has 2 rings (SSSR count). The third-order valence-electron chi connectivity index (χ3n) is 2.71. The van der Waals surface area contributed by atoms with Crippen LogP contribution in [0.5, 0.6) is 5.75 Å². The van der Waals surface area contributed by atoms with Gasteiger partial charge in [-0.1, -0.05) is 46.3 Å². The Kier molecular flexibility index (Phi) is 3.85. The number of ether oxygens (including phenoxy) is 1. The molecule has 0 saturated heterocycles. The van der Waals surface area contributed by atoms with Crippen LogP contribution < -0.4 is 4.74 Å². The predicted molar refractivity (Wildman–Crippen MR) is 74.4 cm³/mol. The van der Waals surface area contributed by atoms with Crippen LogP contribution >= 0.6 is 15.9 Å². The fourth-order valence-electron chi connectivity index (χ4n) is 1.69. The molecule has 0 aliphatic heterocycles. The summed E-state index contributed by atoms with van der Waals surface area (Å²) in [6.07, 6.45) is 0.0665. The van der Waals surface area contributed by atoms with Crippen molar-refractivity contribution < 1.29 is 4.74 Å². The fraction of sp³-hybridized carbons (Fsp3) is 0.200. The van der Waals surface area contributed by atoms with E-state index < -0.39 is 0 Å². The molecular formula is C15H15BrO. The lowest BCUT2D eigenvalue weighted by molar-refractivity contribution is 0.227. The Morgan fingerprint density at radius 1 is 1.06 bits per heavy atom. The first-order chi connectivity index (χ1) is 8.16. The molecule has 0 aliphatic carbocycles. The molecule has 0 fully saturated rings. The van der Waals surface area contributed by atoms with E-state index in [1.165, 1.54) is 11.1 Å². The van der Waals surface area contributed by atoms with Crippen LogP contribution in [0.2, 0.25) is 0 Å². The molecule has 0 heterocycles. The number of aryl methyl sites for hydroxylation is 1. The molecule has 0 aromatic heterocycles. The minimum absolute atomic E-state index is 0.0665. The molecule has 88 valence electrons. The van der Waals surface area contributed by atoms with Crippen molar-refractivity contribution in [3.63, 3.8) is 0 Å². The normalized spacial score (nSPS) is 12.2. The summed E-state index contributed by atoms with van der Waals surface area (Å²) in [7, 11) is 0. The zero-order valence-electron chi connectivity index (χ0n) is 9.98. The van der Waals surface area contributed by atoms with Gasteiger partial charge in [-0.2, -0.15) is 0 Å². The van der Waals surface area contributed by atoms with E-state index in [0.717, 1.165) is 10.2 Å². The van der Waals surface area contributed by atoms with Gasteiger partial charge >= 0.3 is 0 Å². The second-order valence-electron chi connectivity index (χ2n) is 4.08. The van der Waals surface area contributed by atoms with E-state index >= 15 is 0 Å². The van der Waals surface area contributed by atoms with Gasteiger partial charge in [0.1, 0.15) is 11.9 Å². The monoisotopic (exact) mass is 290 g/mol. The van der Waals surface area contributed by atoms with Gasteiger partial charge in [0, 0.05) is 4.47 Å². The van der Waals surface area contributed by atoms with E-state index in [-0.39, 0.29) is 6.10 Å². The van der Waals surface area contributed by atoms with E-state index in [1.807, 2.05) is 36.4 Å². The van der Waals surface area contributed by atoms with Gasteiger partial charge in [-0.05, 0) is 43.2 Å². The Labute approximate surface area is 111 Å². The quantitative estimate of drug-likeness (QED) is 0.781. The molecule has 0 radical (unpaired) electrons. The van der Waals surface area contributed by atoms with E-state index in [0.29, 0.717) is 0 Å². The van der Waals surface area contributed by atoms with E-state index in [1.54, 1.807) is 0 Å². The molecule has 17 heavy (non-hydrogen) atoms. The first-order valence-corrected chi connectivity index (χ1v) is 6.44. The Morgan fingerprint density at radius 3 is 2.41 bits per heavy atom. The zero-order valence-corrected chi connectivity index (χ0v) is 11.6. The molecule has 2 aromatic rings. The van der Waals surface area contributed by atoms with Crippen LogP contribution in [0.4, 0.5) is 0 Å². The maximum absolute atomic E-state index is 5.92. The second kappa shape index (κ2) is 5.37. The summed E-state index contributed by atoms with van der Waals surface area (Å²) in [4.78, 5) is 0. The van der Waals surface area contributed by atoms with Gasteiger partial charge in [0.25, 0.3) is 0 Å². The topological polar surface area (TPSA) is 9.23 Å². The molecule has 2 aromatic carbocycles.